The molecule has 0 aliphatic heterocycles. The van der Waals surface area contributed by atoms with Crippen molar-refractivity contribution in [1.82, 2.24) is 24.5 Å². The van der Waals surface area contributed by atoms with E-state index in [-0.39, 0.29) is 0 Å². The van der Waals surface area contributed by atoms with Crippen molar-refractivity contribution in [3.05, 3.63) is 164 Å². The van der Waals surface area contributed by atoms with Crippen molar-refractivity contribution in [3.63, 3.8) is 0 Å². The normalized spacial score (nSPS) is 11.8. The number of aromatic nitrogens is 5. The van der Waals surface area contributed by atoms with Crippen LogP contribution < -0.4 is 0 Å². The minimum Gasteiger partial charge on any atom is -0.436 e. The third-order valence-electron chi connectivity index (χ3n) is 9.89. The monoisotopic (exact) mass is 697 g/mol. The summed E-state index contributed by atoms with van der Waals surface area (Å²) in [7, 11) is 0. The molecular weight excluding hydrogens is 671 g/mol. The summed E-state index contributed by atoms with van der Waals surface area (Å²) >= 11 is 1.85. The van der Waals surface area contributed by atoms with Gasteiger partial charge in [0.1, 0.15) is 5.52 Å². The Morgan fingerprint density at radius 3 is 1.77 bits per heavy atom. The minimum atomic E-state index is 0.559. The van der Waals surface area contributed by atoms with Gasteiger partial charge in [-0.2, -0.15) is 0 Å². The maximum Gasteiger partial charge on any atom is 0.227 e. The highest BCUT2D eigenvalue weighted by Crippen LogP contribution is 2.41. The number of oxazole rings is 1. The van der Waals surface area contributed by atoms with Gasteiger partial charge >= 0.3 is 0 Å². The molecule has 0 amide bonds. The van der Waals surface area contributed by atoms with Crippen molar-refractivity contribution in [2.24, 2.45) is 0 Å². The number of thiophene rings is 1. The van der Waals surface area contributed by atoms with Crippen LogP contribution in [-0.2, 0) is 0 Å². The fraction of sp³-hybridized carbons (Fsp3) is 0. The predicted octanol–water partition coefficient (Wildman–Crippen LogP) is 12.1. The van der Waals surface area contributed by atoms with Crippen LogP contribution >= 0.6 is 11.3 Å². The first-order valence-electron chi connectivity index (χ1n) is 17.5. The van der Waals surface area contributed by atoms with Gasteiger partial charge in [-0.15, -0.1) is 11.3 Å². The van der Waals surface area contributed by atoms with Gasteiger partial charge < -0.3 is 8.98 Å². The van der Waals surface area contributed by atoms with Gasteiger partial charge in [0.25, 0.3) is 0 Å². The smallest absolute Gasteiger partial charge is 0.227 e. The minimum absolute atomic E-state index is 0.559. The number of hydrogen-bond donors (Lipinski definition) is 0. The molecule has 4 heterocycles. The van der Waals surface area contributed by atoms with E-state index in [1.54, 1.807) is 0 Å². The molecule has 0 saturated heterocycles. The van der Waals surface area contributed by atoms with Crippen molar-refractivity contribution >= 4 is 64.4 Å². The van der Waals surface area contributed by atoms with E-state index in [0.29, 0.717) is 28.9 Å². The maximum absolute atomic E-state index is 6.31. The van der Waals surface area contributed by atoms with Crippen molar-refractivity contribution in [2.75, 3.05) is 0 Å². The Morgan fingerprint density at radius 1 is 0.415 bits per heavy atom. The van der Waals surface area contributed by atoms with Crippen molar-refractivity contribution < 1.29 is 4.42 Å². The summed E-state index contributed by atoms with van der Waals surface area (Å²) in [6.07, 6.45) is 0. The molecule has 11 rings (SSSR count). The van der Waals surface area contributed by atoms with E-state index in [0.717, 1.165) is 33.5 Å². The number of nitrogens with zero attached hydrogens (tertiary/aromatic N) is 5. The molecule has 11 aromatic rings. The Balaban J connectivity index is 0.979. The van der Waals surface area contributed by atoms with Crippen LogP contribution in [0.5, 0.6) is 0 Å². The molecule has 0 spiro atoms. The third kappa shape index (κ3) is 4.93. The largest absolute Gasteiger partial charge is 0.436 e. The lowest BCUT2D eigenvalue weighted by atomic mass is 10.1. The van der Waals surface area contributed by atoms with Crippen LogP contribution in [0.3, 0.4) is 0 Å². The molecule has 0 unspecified atom stereocenters. The van der Waals surface area contributed by atoms with Crippen molar-refractivity contribution in [1.29, 1.82) is 0 Å². The standard InChI is InChI=1S/C46H27N5OS/c1-3-11-28(12-4-1)43-48-44(29-13-5-2-6-14-29)50-45(49-43)31-21-24-40-37(25-31)47-46(52-40)30-19-22-32(23-20-30)51-38-17-9-7-15-33(38)35-26-36-34-16-8-10-18-41(34)53-42(36)27-39(35)51/h1-27H. The average molecular weight is 698 g/mol. The maximum atomic E-state index is 6.31. The summed E-state index contributed by atoms with van der Waals surface area (Å²) in [6.45, 7) is 0. The molecule has 0 bridgehead atoms. The van der Waals surface area contributed by atoms with Crippen LogP contribution in [0.1, 0.15) is 0 Å². The molecule has 53 heavy (non-hydrogen) atoms. The zero-order chi connectivity index (χ0) is 34.9. The Bertz CT molecular complexity index is 3110. The second kappa shape index (κ2) is 11.8. The molecule has 4 aromatic heterocycles. The Labute approximate surface area is 307 Å². The summed E-state index contributed by atoms with van der Waals surface area (Å²) in [6, 6.07) is 56.4. The molecule has 0 saturated carbocycles. The quantitative estimate of drug-likeness (QED) is 0.179. The molecule has 7 heteroatoms. The van der Waals surface area contributed by atoms with E-state index in [2.05, 4.69) is 89.5 Å². The van der Waals surface area contributed by atoms with E-state index in [1.165, 1.54) is 42.0 Å². The number of fused-ring (bicyclic) bond motifs is 7. The number of benzene rings is 7. The molecule has 0 fully saturated rings. The van der Waals surface area contributed by atoms with Crippen LogP contribution in [0, 0.1) is 0 Å². The molecule has 0 atom stereocenters. The van der Waals surface area contributed by atoms with Crippen LogP contribution in [-0.4, -0.2) is 24.5 Å². The highest BCUT2D eigenvalue weighted by Gasteiger charge is 2.18. The number of para-hydroxylation sites is 1. The van der Waals surface area contributed by atoms with Crippen LogP contribution in [0.15, 0.2) is 168 Å². The lowest BCUT2D eigenvalue weighted by molar-refractivity contribution is 0.620. The van der Waals surface area contributed by atoms with E-state index in [9.17, 15) is 0 Å². The van der Waals surface area contributed by atoms with Gasteiger partial charge in [-0.3, -0.25) is 0 Å². The lowest BCUT2D eigenvalue weighted by Crippen LogP contribution is -2.00. The van der Waals surface area contributed by atoms with Crippen LogP contribution in [0.4, 0.5) is 0 Å². The van der Waals surface area contributed by atoms with Crippen molar-refractivity contribution in [2.45, 2.75) is 0 Å². The summed E-state index contributed by atoms with van der Waals surface area (Å²) in [5.74, 6) is 2.37. The van der Waals surface area contributed by atoms with Gasteiger partial charge in [-0.05, 0) is 66.7 Å². The first-order valence-corrected chi connectivity index (χ1v) is 18.3. The van der Waals surface area contributed by atoms with E-state index < -0.39 is 0 Å². The highest BCUT2D eigenvalue weighted by molar-refractivity contribution is 7.25. The zero-order valence-corrected chi connectivity index (χ0v) is 29.0. The number of rotatable bonds is 5. The molecule has 7 aromatic carbocycles. The van der Waals surface area contributed by atoms with Gasteiger partial charge in [0.15, 0.2) is 23.1 Å². The second-order valence-corrected chi connectivity index (χ2v) is 14.2. The van der Waals surface area contributed by atoms with Gasteiger partial charge in [-0.25, -0.2) is 19.9 Å². The SMILES string of the molecule is c1ccc(-c2nc(-c3ccccc3)nc(-c3ccc4oc(-c5ccc(-n6c7ccccc7c7cc8c(cc76)sc6ccccc68)cc5)nc4c3)n2)cc1. The lowest BCUT2D eigenvalue weighted by Gasteiger charge is -2.08. The van der Waals surface area contributed by atoms with Gasteiger partial charge in [-0.1, -0.05) is 97.1 Å². The molecule has 0 radical (unpaired) electrons. The first-order chi connectivity index (χ1) is 26.2. The molecule has 6 nitrogen and oxygen atoms in total. The van der Waals surface area contributed by atoms with E-state index in [1.807, 2.05) is 90.2 Å². The van der Waals surface area contributed by atoms with Crippen LogP contribution in [0.2, 0.25) is 0 Å². The van der Waals surface area contributed by atoms with E-state index in [4.69, 9.17) is 24.4 Å². The summed E-state index contributed by atoms with van der Waals surface area (Å²) in [5, 5.41) is 5.10. The topological polar surface area (TPSA) is 69.6 Å². The number of hydrogen-bond acceptors (Lipinski definition) is 6. The summed E-state index contributed by atoms with van der Waals surface area (Å²) in [4.78, 5) is 19.6. The Hall–Kier alpha value is -6.96. The zero-order valence-electron chi connectivity index (χ0n) is 28.1. The van der Waals surface area contributed by atoms with Crippen LogP contribution in [0.25, 0.3) is 104 Å². The summed E-state index contributed by atoms with van der Waals surface area (Å²) < 4.78 is 11.3. The highest BCUT2D eigenvalue weighted by atomic mass is 32.1. The average Bonchev–Trinajstić information content (AvgIpc) is 3.92. The van der Waals surface area contributed by atoms with Gasteiger partial charge in [0.05, 0.1) is 11.0 Å². The summed E-state index contributed by atoms with van der Waals surface area (Å²) in [5.41, 5.74) is 8.47. The fourth-order valence-corrected chi connectivity index (χ4v) is 8.47. The molecule has 248 valence electrons. The van der Waals surface area contributed by atoms with E-state index >= 15 is 0 Å². The predicted molar refractivity (Wildman–Crippen MR) is 216 cm³/mol. The Kier molecular flexibility index (Phi) is 6.62. The molecule has 0 aliphatic carbocycles. The molecule has 0 aliphatic rings. The second-order valence-electron chi connectivity index (χ2n) is 13.1. The third-order valence-corrected chi connectivity index (χ3v) is 11.0. The fourth-order valence-electron chi connectivity index (χ4n) is 7.35. The first kappa shape index (κ1) is 29.7. The Morgan fingerprint density at radius 2 is 1.04 bits per heavy atom. The van der Waals surface area contributed by atoms with Gasteiger partial charge in [0.2, 0.25) is 5.89 Å². The molecular formula is C46H27N5OS. The molecule has 0 N–H and O–H groups in total. The van der Waals surface area contributed by atoms with Gasteiger partial charge in [0, 0.05) is 58.9 Å². The van der Waals surface area contributed by atoms with Crippen molar-refractivity contribution in [3.8, 4) is 51.3 Å².